The predicted molar refractivity (Wildman–Crippen MR) is 113 cm³/mol. The Morgan fingerprint density at radius 2 is 1.53 bits per heavy atom. The molecule has 3 rings (SSSR count). The fourth-order valence-corrected chi connectivity index (χ4v) is 3.41. The van der Waals surface area contributed by atoms with Gasteiger partial charge in [-0.15, -0.1) is 0 Å². The first-order valence-electron chi connectivity index (χ1n) is 9.12. The third kappa shape index (κ3) is 6.40. The highest BCUT2D eigenvalue weighted by atomic mass is 32.2. The smallest absolute Gasteiger partial charge is 0.239 e. The molecule has 0 unspecified atom stereocenters. The van der Waals surface area contributed by atoms with E-state index in [1.807, 2.05) is 30.3 Å². The minimum absolute atomic E-state index is 0.0314. The molecule has 0 bridgehead atoms. The summed E-state index contributed by atoms with van der Waals surface area (Å²) in [5.74, 6) is 0.397. The summed E-state index contributed by atoms with van der Waals surface area (Å²) in [6.45, 7) is -0.394. The largest absolute Gasteiger partial charge is 0.457 e. The number of nitrogens with one attached hydrogen (secondary N) is 1. The van der Waals surface area contributed by atoms with Gasteiger partial charge in [-0.3, -0.25) is 4.79 Å². The second kappa shape index (κ2) is 9.51. The Morgan fingerprint density at radius 3 is 2.13 bits per heavy atom. The topological polar surface area (TPSA) is 75.7 Å². The molecule has 0 aliphatic heterocycles. The van der Waals surface area contributed by atoms with Crippen LogP contribution in [0, 0.1) is 5.82 Å². The Bertz CT molecular complexity index is 1090. The molecule has 8 heteroatoms. The molecule has 3 aromatic carbocycles. The summed E-state index contributed by atoms with van der Waals surface area (Å²) < 4.78 is 43.9. The number of carbonyl (C=O) groups excluding carboxylic acids is 1. The van der Waals surface area contributed by atoms with Gasteiger partial charge >= 0.3 is 0 Å². The SMILES string of the molecule is CS(=O)(=O)N(CC(=O)Nc1ccc(Oc2ccccc2)cc1)Cc1ccc(F)cc1. The summed E-state index contributed by atoms with van der Waals surface area (Å²) >= 11 is 0. The lowest BCUT2D eigenvalue weighted by molar-refractivity contribution is -0.116. The van der Waals surface area contributed by atoms with Crippen molar-refractivity contribution in [1.82, 2.24) is 4.31 Å². The van der Waals surface area contributed by atoms with Crippen molar-refractivity contribution >= 4 is 21.6 Å². The molecular formula is C22H21FN2O4S. The number of carbonyl (C=O) groups is 1. The molecule has 3 aromatic rings. The molecule has 0 aromatic heterocycles. The first kappa shape index (κ1) is 21.5. The number of para-hydroxylation sites is 1. The van der Waals surface area contributed by atoms with E-state index >= 15 is 0 Å². The van der Waals surface area contributed by atoms with Crippen molar-refractivity contribution in [3.8, 4) is 11.5 Å². The standard InChI is InChI=1S/C22H21FN2O4S/c1-30(27,28)25(15-17-7-9-18(23)10-8-17)16-22(26)24-19-11-13-21(14-12-19)29-20-5-3-2-4-6-20/h2-14H,15-16H2,1H3,(H,24,26). The van der Waals surface area contributed by atoms with Crippen molar-refractivity contribution in [2.24, 2.45) is 0 Å². The van der Waals surface area contributed by atoms with E-state index in [1.54, 1.807) is 24.3 Å². The number of benzene rings is 3. The van der Waals surface area contributed by atoms with Gasteiger partial charge in [-0.1, -0.05) is 30.3 Å². The molecule has 30 heavy (non-hydrogen) atoms. The number of halogens is 1. The van der Waals surface area contributed by atoms with Gasteiger partial charge in [0, 0.05) is 12.2 Å². The molecule has 0 saturated heterocycles. The fourth-order valence-electron chi connectivity index (χ4n) is 2.68. The van der Waals surface area contributed by atoms with Crippen LogP contribution in [-0.2, 0) is 21.4 Å². The highest BCUT2D eigenvalue weighted by molar-refractivity contribution is 7.88. The van der Waals surface area contributed by atoms with Gasteiger partial charge in [-0.2, -0.15) is 4.31 Å². The molecule has 0 aliphatic carbocycles. The van der Waals surface area contributed by atoms with Gasteiger partial charge in [0.2, 0.25) is 15.9 Å². The highest BCUT2D eigenvalue weighted by Crippen LogP contribution is 2.22. The molecule has 0 radical (unpaired) electrons. The molecule has 0 fully saturated rings. The number of nitrogens with zero attached hydrogens (tertiary/aromatic N) is 1. The normalized spacial score (nSPS) is 11.3. The monoisotopic (exact) mass is 428 g/mol. The fraction of sp³-hybridized carbons (Fsp3) is 0.136. The molecule has 1 amide bonds. The van der Waals surface area contributed by atoms with Crippen molar-refractivity contribution in [3.63, 3.8) is 0 Å². The van der Waals surface area contributed by atoms with E-state index in [9.17, 15) is 17.6 Å². The van der Waals surface area contributed by atoms with E-state index in [2.05, 4.69) is 5.32 Å². The number of ether oxygens (including phenoxy) is 1. The summed E-state index contributed by atoms with van der Waals surface area (Å²) in [6, 6.07) is 21.5. The quantitative estimate of drug-likeness (QED) is 0.588. The molecule has 1 N–H and O–H groups in total. The van der Waals surface area contributed by atoms with Crippen LogP contribution in [0.3, 0.4) is 0 Å². The maximum atomic E-state index is 13.1. The Morgan fingerprint density at radius 1 is 0.933 bits per heavy atom. The molecular weight excluding hydrogens is 407 g/mol. The highest BCUT2D eigenvalue weighted by Gasteiger charge is 2.20. The Hall–Kier alpha value is -3.23. The van der Waals surface area contributed by atoms with E-state index < -0.39 is 21.7 Å². The number of hydrogen-bond acceptors (Lipinski definition) is 4. The van der Waals surface area contributed by atoms with Gasteiger partial charge < -0.3 is 10.1 Å². The number of sulfonamides is 1. The summed E-state index contributed by atoms with van der Waals surface area (Å²) in [6.07, 6.45) is 1.03. The minimum Gasteiger partial charge on any atom is -0.457 e. The predicted octanol–water partition coefficient (Wildman–Crippen LogP) is 4.02. The van der Waals surface area contributed by atoms with E-state index in [0.29, 0.717) is 22.7 Å². The van der Waals surface area contributed by atoms with Crippen LogP contribution in [0.2, 0.25) is 0 Å². The molecule has 0 saturated carbocycles. The van der Waals surface area contributed by atoms with Crippen LogP contribution in [0.4, 0.5) is 10.1 Å². The minimum atomic E-state index is -3.64. The van der Waals surface area contributed by atoms with E-state index in [-0.39, 0.29) is 13.1 Å². The van der Waals surface area contributed by atoms with Crippen LogP contribution in [-0.4, -0.2) is 31.4 Å². The van der Waals surface area contributed by atoms with Crippen LogP contribution >= 0.6 is 0 Å². The molecule has 0 spiro atoms. The van der Waals surface area contributed by atoms with Crippen molar-refractivity contribution in [3.05, 3.63) is 90.2 Å². The molecule has 6 nitrogen and oxygen atoms in total. The summed E-state index contributed by atoms with van der Waals surface area (Å²) in [4.78, 5) is 12.4. The average Bonchev–Trinajstić information content (AvgIpc) is 2.71. The lowest BCUT2D eigenvalue weighted by atomic mass is 10.2. The molecule has 156 valence electrons. The lowest BCUT2D eigenvalue weighted by Crippen LogP contribution is -2.36. The van der Waals surface area contributed by atoms with Gasteiger partial charge in [-0.25, -0.2) is 12.8 Å². The van der Waals surface area contributed by atoms with Crippen LogP contribution in [0.25, 0.3) is 0 Å². The van der Waals surface area contributed by atoms with Crippen molar-refractivity contribution in [2.45, 2.75) is 6.54 Å². The second-order valence-corrected chi connectivity index (χ2v) is 8.63. The molecule has 0 aliphatic rings. The van der Waals surface area contributed by atoms with Gasteiger partial charge in [0.15, 0.2) is 0 Å². The zero-order valence-corrected chi connectivity index (χ0v) is 17.1. The Labute approximate surface area is 175 Å². The second-order valence-electron chi connectivity index (χ2n) is 6.65. The maximum absolute atomic E-state index is 13.1. The van der Waals surface area contributed by atoms with Gasteiger partial charge in [-0.05, 0) is 54.1 Å². The van der Waals surface area contributed by atoms with Gasteiger partial charge in [0.05, 0.1) is 12.8 Å². The zero-order valence-electron chi connectivity index (χ0n) is 16.3. The Balaban J connectivity index is 1.61. The number of anilines is 1. The first-order chi connectivity index (χ1) is 14.3. The zero-order chi connectivity index (χ0) is 21.6. The third-order valence-corrected chi connectivity index (χ3v) is 5.37. The van der Waals surface area contributed by atoms with Crippen LogP contribution in [0.1, 0.15) is 5.56 Å². The lowest BCUT2D eigenvalue weighted by Gasteiger charge is -2.19. The number of rotatable bonds is 8. The number of hydrogen-bond donors (Lipinski definition) is 1. The summed E-state index contributed by atoms with van der Waals surface area (Å²) in [7, 11) is -3.64. The maximum Gasteiger partial charge on any atom is 0.239 e. The van der Waals surface area contributed by atoms with E-state index in [4.69, 9.17) is 4.74 Å². The third-order valence-electron chi connectivity index (χ3n) is 4.18. The summed E-state index contributed by atoms with van der Waals surface area (Å²) in [5.41, 5.74) is 1.09. The van der Waals surface area contributed by atoms with Crippen molar-refractivity contribution < 1.29 is 22.3 Å². The number of amides is 1. The van der Waals surface area contributed by atoms with Crippen LogP contribution < -0.4 is 10.1 Å². The van der Waals surface area contributed by atoms with Crippen LogP contribution in [0.5, 0.6) is 11.5 Å². The van der Waals surface area contributed by atoms with Gasteiger partial charge in [0.25, 0.3) is 0 Å². The Kier molecular flexibility index (Phi) is 6.81. The van der Waals surface area contributed by atoms with Crippen molar-refractivity contribution in [2.75, 3.05) is 18.1 Å². The first-order valence-corrected chi connectivity index (χ1v) is 11.0. The summed E-state index contributed by atoms with van der Waals surface area (Å²) in [5, 5.41) is 2.67. The van der Waals surface area contributed by atoms with E-state index in [1.165, 1.54) is 24.3 Å². The van der Waals surface area contributed by atoms with Crippen LogP contribution in [0.15, 0.2) is 78.9 Å². The molecule has 0 heterocycles. The molecule has 0 atom stereocenters. The van der Waals surface area contributed by atoms with Crippen molar-refractivity contribution in [1.29, 1.82) is 0 Å². The van der Waals surface area contributed by atoms with Gasteiger partial charge in [0.1, 0.15) is 17.3 Å². The van der Waals surface area contributed by atoms with E-state index in [0.717, 1.165) is 10.6 Å². The average molecular weight is 428 g/mol.